The highest BCUT2D eigenvalue weighted by molar-refractivity contribution is 5.72. The van der Waals surface area contributed by atoms with Crippen LogP contribution in [0.25, 0.3) is 12.2 Å². The van der Waals surface area contributed by atoms with Gasteiger partial charge >= 0.3 is 0 Å². The van der Waals surface area contributed by atoms with Crippen molar-refractivity contribution in [3.8, 4) is 5.75 Å². The summed E-state index contributed by atoms with van der Waals surface area (Å²) in [5.74, 6) is 0.958. The zero-order valence-corrected chi connectivity index (χ0v) is 13.5. The molecule has 0 aromatic heterocycles. The van der Waals surface area contributed by atoms with Gasteiger partial charge in [-0.1, -0.05) is 60.7 Å². The van der Waals surface area contributed by atoms with Gasteiger partial charge in [-0.3, -0.25) is 0 Å². The molecule has 0 bridgehead atoms. The summed E-state index contributed by atoms with van der Waals surface area (Å²) in [6.45, 7) is 1.88. The van der Waals surface area contributed by atoms with Gasteiger partial charge in [0, 0.05) is 5.56 Å². The molecule has 22 heavy (non-hydrogen) atoms. The molecule has 0 amide bonds. The van der Waals surface area contributed by atoms with Crippen molar-refractivity contribution in [2.24, 2.45) is 0 Å². The largest absolute Gasteiger partial charge is 0.493 e. The summed E-state index contributed by atoms with van der Waals surface area (Å²) in [4.78, 5) is 2.20. The fourth-order valence-corrected chi connectivity index (χ4v) is 2.21. The first kappa shape index (κ1) is 16.3. The highest BCUT2D eigenvalue weighted by Gasteiger charge is 2.00. The van der Waals surface area contributed by atoms with Crippen molar-refractivity contribution in [2.45, 2.75) is 12.8 Å². The summed E-state index contributed by atoms with van der Waals surface area (Å²) in [6.07, 6.45) is 6.47. The highest BCUT2D eigenvalue weighted by Crippen LogP contribution is 2.21. The van der Waals surface area contributed by atoms with Gasteiger partial charge in [0.2, 0.25) is 0 Å². The van der Waals surface area contributed by atoms with Gasteiger partial charge in [0.1, 0.15) is 5.75 Å². The Balaban J connectivity index is 1.91. The zero-order valence-electron chi connectivity index (χ0n) is 13.5. The summed E-state index contributed by atoms with van der Waals surface area (Å²) in [5.41, 5.74) is 2.32. The quantitative estimate of drug-likeness (QED) is 0.522. The molecular formula is C20H25NO. The molecule has 0 saturated carbocycles. The van der Waals surface area contributed by atoms with Crippen molar-refractivity contribution in [3.63, 3.8) is 0 Å². The molecule has 0 saturated heterocycles. The molecular weight excluding hydrogens is 270 g/mol. The van der Waals surface area contributed by atoms with E-state index in [4.69, 9.17) is 4.74 Å². The van der Waals surface area contributed by atoms with E-state index < -0.39 is 0 Å². The van der Waals surface area contributed by atoms with Crippen molar-refractivity contribution in [3.05, 3.63) is 65.7 Å². The lowest BCUT2D eigenvalue weighted by atomic mass is 10.1. The van der Waals surface area contributed by atoms with Gasteiger partial charge in [0.15, 0.2) is 0 Å². The molecule has 116 valence electrons. The van der Waals surface area contributed by atoms with Gasteiger partial charge in [-0.05, 0) is 45.1 Å². The van der Waals surface area contributed by atoms with Gasteiger partial charge < -0.3 is 9.64 Å². The average Bonchev–Trinajstić information content (AvgIpc) is 2.54. The van der Waals surface area contributed by atoms with Crippen LogP contribution in [0.5, 0.6) is 5.75 Å². The molecule has 0 heterocycles. The van der Waals surface area contributed by atoms with Crippen LogP contribution >= 0.6 is 0 Å². The van der Waals surface area contributed by atoms with Crippen LogP contribution in [0.3, 0.4) is 0 Å². The highest BCUT2D eigenvalue weighted by atomic mass is 16.5. The molecule has 2 aromatic carbocycles. The Bertz CT molecular complexity index is 575. The van der Waals surface area contributed by atoms with Crippen LogP contribution in [-0.4, -0.2) is 32.1 Å². The van der Waals surface area contributed by atoms with Crippen LogP contribution in [0.15, 0.2) is 54.6 Å². The van der Waals surface area contributed by atoms with E-state index in [1.54, 1.807) is 0 Å². The van der Waals surface area contributed by atoms with Crippen LogP contribution in [0, 0.1) is 0 Å². The molecule has 0 aliphatic carbocycles. The maximum Gasteiger partial charge on any atom is 0.126 e. The molecule has 2 aromatic rings. The maximum absolute atomic E-state index is 5.94. The van der Waals surface area contributed by atoms with E-state index in [0.29, 0.717) is 0 Å². The zero-order chi connectivity index (χ0) is 15.6. The minimum Gasteiger partial charge on any atom is -0.493 e. The van der Waals surface area contributed by atoms with E-state index in [1.165, 1.54) is 5.56 Å². The summed E-state index contributed by atoms with van der Waals surface area (Å²) in [6, 6.07) is 18.5. The number of hydrogen-bond acceptors (Lipinski definition) is 2. The number of benzene rings is 2. The monoisotopic (exact) mass is 295 g/mol. The fourth-order valence-electron chi connectivity index (χ4n) is 2.21. The minimum absolute atomic E-state index is 0.768. The third-order valence-corrected chi connectivity index (χ3v) is 3.43. The number of rotatable bonds is 8. The molecule has 0 unspecified atom stereocenters. The molecule has 0 aliphatic heterocycles. The number of nitrogens with zero attached hydrogens (tertiary/aromatic N) is 1. The minimum atomic E-state index is 0.768. The summed E-state index contributed by atoms with van der Waals surface area (Å²) < 4.78 is 5.94. The Morgan fingerprint density at radius 2 is 1.59 bits per heavy atom. The van der Waals surface area contributed by atoms with Gasteiger partial charge in [0.05, 0.1) is 6.61 Å². The first-order chi connectivity index (χ1) is 10.8. The van der Waals surface area contributed by atoms with E-state index in [9.17, 15) is 0 Å². The van der Waals surface area contributed by atoms with Crippen molar-refractivity contribution in [1.29, 1.82) is 0 Å². The maximum atomic E-state index is 5.94. The first-order valence-corrected chi connectivity index (χ1v) is 7.85. The molecule has 0 N–H and O–H groups in total. The normalized spacial score (nSPS) is 11.2. The van der Waals surface area contributed by atoms with Crippen LogP contribution in [0.1, 0.15) is 24.0 Å². The van der Waals surface area contributed by atoms with Crippen molar-refractivity contribution < 1.29 is 4.74 Å². The van der Waals surface area contributed by atoms with Crippen LogP contribution in [0.2, 0.25) is 0 Å². The van der Waals surface area contributed by atoms with E-state index in [0.717, 1.165) is 37.3 Å². The van der Waals surface area contributed by atoms with E-state index >= 15 is 0 Å². The summed E-state index contributed by atoms with van der Waals surface area (Å²) in [7, 11) is 4.20. The Labute approximate surface area is 134 Å². The molecule has 2 nitrogen and oxygen atoms in total. The third kappa shape index (κ3) is 5.74. The second-order valence-corrected chi connectivity index (χ2v) is 5.64. The summed E-state index contributed by atoms with van der Waals surface area (Å²) >= 11 is 0. The number of hydrogen-bond donors (Lipinski definition) is 0. The lowest BCUT2D eigenvalue weighted by Gasteiger charge is -2.11. The third-order valence-electron chi connectivity index (χ3n) is 3.43. The Hall–Kier alpha value is -2.06. The average molecular weight is 295 g/mol. The molecule has 0 fully saturated rings. The lowest BCUT2D eigenvalue weighted by Crippen LogP contribution is -2.13. The van der Waals surface area contributed by atoms with E-state index in [-0.39, 0.29) is 0 Å². The standard InChI is InChI=1S/C20H25NO/c1-21(2)16-8-9-17-22-20-13-7-6-12-19(20)15-14-18-10-4-3-5-11-18/h3-7,10-15H,8-9,16-17H2,1-2H3/b15-14+. The molecule has 0 spiro atoms. The second kappa shape index (κ2) is 9.06. The predicted molar refractivity (Wildman–Crippen MR) is 95.1 cm³/mol. The van der Waals surface area contributed by atoms with Gasteiger partial charge in [-0.2, -0.15) is 0 Å². The number of ether oxygens (including phenoxy) is 1. The van der Waals surface area contributed by atoms with Gasteiger partial charge in [-0.25, -0.2) is 0 Å². The Morgan fingerprint density at radius 3 is 2.36 bits per heavy atom. The fraction of sp³-hybridized carbons (Fsp3) is 0.300. The van der Waals surface area contributed by atoms with E-state index in [1.807, 2.05) is 36.4 Å². The SMILES string of the molecule is CN(C)CCCCOc1ccccc1/C=C/c1ccccc1. The number of unbranched alkanes of at least 4 members (excludes halogenated alkanes) is 1. The molecule has 2 heteroatoms. The van der Waals surface area contributed by atoms with Crippen molar-refractivity contribution in [1.82, 2.24) is 4.90 Å². The first-order valence-electron chi connectivity index (χ1n) is 7.85. The molecule has 0 aliphatic rings. The Morgan fingerprint density at radius 1 is 0.864 bits per heavy atom. The van der Waals surface area contributed by atoms with Crippen molar-refractivity contribution in [2.75, 3.05) is 27.2 Å². The molecule has 0 radical (unpaired) electrons. The number of para-hydroxylation sites is 1. The van der Waals surface area contributed by atoms with Crippen LogP contribution in [-0.2, 0) is 0 Å². The Kier molecular flexibility index (Phi) is 6.72. The van der Waals surface area contributed by atoms with Crippen molar-refractivity contribution >= 4 is 12.2 Å². The predicted octanol–water partition coefficient (Wildman–Crippen LogP) is 4.58. The topological polar surface area (TPSA) is 12.5 Å². The van der Waals surface area contributed by atoms with Gasteiger partial charge in [-0.15, -0.1) is 0 Å². The lowest BCUT2D eigenvalue weighted by molar-refractivity contribution is 0.292. The second-order valence-electron chi connectivity index (χ2n) is 5.64. The molecule has 0 atom stereocenters. The smallest absolute Gasteiger partial charge is 0.126 e. The van der Waals surface area contributed by atoms with Crippen LogP contribution in [0.4, 0.5) is 0 Å². The summed E-state index contributed by atoms with van der Waals surface area (Å²) in [5, 5.41) is 0. The van der Waals surface area contributed by atoms with E-state index in [2.05, 4.69) is 49.3 Å². The van der Waals surface area contributed by atoms with Gasteiger partial charge in [0.25, 0.3) is 0 Å². The van der Waals surface area contributed by atoms with Crippen LogP contribution < -0.4 is 4.74 Å². The molecule has 2 rings (SSSR count).